The predicted molar refractivity (Wildman–Crippen MR) is 143 cm³/mol. The second kappa shape index (κ2) is 11.6. The van der Waals surface area contributed by atoms with Crippen molar-refractivity contribution in [3.63, 3.8) is 0 Å². The van der Waals surface area contributed by atoms with Gasteiger partial charge in [0.25, 0.3) is 0 Å². The highest BCUT2D eigenvalue weighted by atomic mass is 32.2. The maximum atomic E-state index is 13.2. The summed E-state index contributed by atoms with van der Waals surface area (Å²) in [6.07, 6.45) is 1.98. The number of anilines is 1. The van der Waals surface area contributed by atoms with E-state index in [-0.39, 0.29) is 12.1 Å². The molecule has 1 aliphatic heterocycles. The van der Waals surface area contributed by atoms with Crippen molar-refractivity contribution in [3.8, 4) is 5.75 Å². The van der Waals surface area contributed by atoms with Gasteiger partial charge in [0.2, 0.25) is 11.1 Å². The van der Waals surface area contributed by atoms with Crippen LogP contribution < -0.4 is 10.1 Å². The van der Waals surface area contributed by atoms with Crippen LogP contribution in [0.1, 0.15) is 63.3 Å². The van der Waals surface area contributed by atoms with E-state index in [0.717, 1.165) is 41.2 Å². The molecule has 2 aromatic carbocycles. The Bertz CT molecular complexity index is 1220. The van der Waals surface area contributed by atoms with E-state index in [1.54, 1.807) is 16.4 Å². The molecule has 0 aliphatic carbocycles. The van der Waals surface area contributed by atoms with Crippen LogP contribution in [0.5, 0.6) is 5.75 Å². The second-order valence-electron chi connectivity index (χ2n) is 9.23. The molecule has 4 rings (SSSR count). The van der Waals surface area contributed by atoms with E-state index < -0.39 is 6.04 Å². The number of carbonyl (C=O) groups excluding carboxylic acids is 1. The minimum absolute atomic E-state index is 0.228. The molecule has 0 amide bonds. The molecule has 0 bridgehead atoms. The summed E-state index contributed by atoms with van der Waals surface area (Å²) in [6, 6.07) is 15.7. The third-order valence-electron chi connectivity index (χ3n) is 5.85. The van der Waals surface area contributed by atoms with Crippen molar-refractivity contribution in [3.05, 3.63) is 76.5 Å². The van der Waals surface area contributed by atoms with Crippen LogP contribution in [0, 0.1) is 6.92 Å². The lowest BCUT2D eigenvalue weighted by Crippen LogP contribution is -2.30. The molecule has 1 aromatic heterocycles. The fraction of sp³-hybridized carbons (Fsp3) is 0.393. The predicted octanol–water partition coefficient (Wildman–Crippen LogP) is 6.30. The number of thioether (sulfide) groups is 1. The summed E-state index contributed by atoms with van der Waals surface area (Å²) in [6.45, 7) is 10.3. The van der Waals surface area contributed by atoms with E-state index in [0.29, 0.717) is 23.3 Å². The van der Waals surface area contributed by atoms with Gasteiger partial charge < -0.3 is 14.8 Å². The number of carbonyl (C=O) groups is 1. The van der Waals surface area contributed by atoms with Gasteiger partial charge in [0.05, 0.1) is 11.7 Å². The number of hydrogen-bond donors (Lipinski definition) is 1. The molecule has 0 radical (unpaired) electrons. The average molecular weight is 507 g/mol. The molecule has 8 heteroatoms. The summed E-state index contributed by atoms with van der Waals surface area (Å²) < 4.78 is 13.4. The quantitative estimate of drug-likeness (QED) is 0.196. The number of esters is 1. The van der Waals surface area contributed by atoms with Crippen molar-refractivity contribution in [2.75, 3.05) is 11.1 Å². The molecule has 2 heterocycles. The Balaban J connectivity index is 1.61. The van der Waals surface area contributed by atoms with Gasteiger partial charge in [-0.3, -0.25) is 0 Å². The highest BCUT2D eigenvalue weighted by Crippen LogP contribution is 2.37. The Morgan fingerprint density at radius 2 is 1.83 bits per heavy atom. The first-order valence-electron chi connectivity index (χ1n) is 12.4. The zero-order chi connectivity index (χ0) is 25.7. The maximum Gasteiger partial charge on any atom is 0.338 e. The largest absolute Gasteiger partial charge is 0.489 e. The molecule has 3 aromatic rings. The number of allylic oxidation sites excluding steroid dienone is 1. The zero-order valence-corrected chi connectivity index (χ0v) is 22.4. The number of aromatic nitrogens is 3. The number of benzene rings is 2. The minimum atomic E-state index is -0.452. The Labute approximate surface area is 217 Å². The number of fused-ring (bicyclic) bond motifs is 1. The van der Waals surface area contributed by atoms with Crippen molar-refractivity contribution >= 4 is 23.7 Å². The smallest absolute Gasteiger partial charge is 0.338 e. The first-order chi connectivity index (χ1) is 17.4. The molecule has 1 aliphatic rings. The van der Waals surface area contributed by atoms with Crippen molar-refractivity contribution in [1.29, 1.82) is 0 Å². The number of rotatable bonds is 10. The first-order valence-corrected chi connectivity index (χ1v) is 13.4. The fourth-order valence-corrected chi connectivity index (χ4v) is 4.86. The molecule has 1 N–H and O–H groups in total. The van der Waals surface area contributed by atoms with Gasteiger partial charge in [-0.25, -0.2) is 9.48 Å². The number of ether oxygens (including phenoxy) is 2. The van der Waals surface area contributed by atoms with E-state index in [9.17, 15) is 4.79 Å². The maximum absolute atomic E-state index is 13.2. The van der Waals surface area contributed by atoms with Crippen LogP contribution in [-0.2, 0) is 16.1 Å². The van der Waals surface area contributed by atoms with E-state index in [1.807, 2.05) is 45.0 Å². The van der Waals surface area contributed by atoms with Crippen LogP contribution in [0.25, 0.3) is 0 Å². The Hall–Kier alpha value is -3.26. The van der Waals surface area contributed by atoms with Crippen LogP contribution >= 0.6 is 11.8 Å². The lowest BCUT2D eigenvalue weighted by atomic mass is 9.95. The number of nitrogens with one attached hydrogen (secondary N) is 1. The molecule has 190 valence electrons. The number of aryl methyl sites for hydroxylation is 1. The number of nitrogens with zero attached hydrogens (tertiary/aromatic N) is 3. The average Bonchev–Trinajstić information content (AvgIpc) is 3.25. The van der Waals surface area contributed by atoms with Gasteiger partial charge in [0, 0.05) is 11.4 Å². The van der Waals surface area contributed by atoms with E-state index in [1.165, 1.54) is 5.56 Å². The molecule has 0 saturated carbocycles. The molecule has 1 unspecified atom stereocenters. The van der Waals surface area contributed by atoms with Crippen molar-refractivity contribution in [2.45, 2.75) is 71.4 Å². The molecule has 0 fully saturated rings. The molecule has 7 nitrogen and oxygen atoms in total. The monoisotopic (exact) mass is 506 g/mol. The highest BCUT2D eigenvalue weighted by molar-refractivity contribution is 7.99. The van der Waals surface area contributed by atoms with E-state index in [4.69, 9.17) is 14.6 Å². The lowest BCUT2D eigenvalue weighted by Gasteiger charge is -2.28. The van der Waals surface area contributed by atoms with Gasteiger partial charge in [-0.05, 0) is 57.4 Å². The Kier molecular flexibility index (Phi) is 8.36. The minimum Gasteiger partial charge on any atom is -0.489 e. The molecular formula is C28H34N4O3S. The van der Waals surface area contributed by atoms with Crippen LogP contribution in [0.2, 0.25) is 0 Å². The third-order valence-corrected chi connectivity index (χ3v) is 6.77. The summed E-state index contributed by atoms with van der Waals surface area (Å²) in [4.78, 5) is 17.9. The SMILES string of the molecule is CCCCSc1nc2n(n1)C(c1ccc(OCc3ccc(C)cc3)cc1)C(C(=O)OC(C)C)=C(C)N2. The zero-order valence-electron chi connectivity index (χ0n) is 21.6. The number of unbranched alkanes of at least 4 members (excludes halogenated alkanes) is 1. The Morgan fingerprint density at radius 3 is 2.50 bits per heavy atom. The summed E-state index contributed by atoms with van der Waals surface area (Å²) >= 11 is 1.63. The lowest BCUT2D eigenvalue weighted by molar-refractivity contribution is -0.143. The summed E-state index contributed by atoms with van der Waals surface area (Å²) in [5.74, 6) is 1.97. The van der Waals surface area contributed by atoms with Crippen molar-refractivity contribution in [1.82, 2.24) is 14.8 Å². The molecule has 0 saturated heterocycles. The molecule has 0 spiro atoms. The van der Waals surface area contributed by atoms with E-state index in [2.05, 4.69) is 48.4 Å². The van der Waals surface area contributed by atoms with Gasteiger partial charge in [-0.15, -0.1) is 5.10 Å². The summed E-state index contributed by atoms with van der Waals surface area (Å²) in [5.41, 5.74) is 4.49. The second-order valence-corrected chi connectivity index (χ2v) is 10.3. The van der Waals surface area contributed by atoms with Crippen LogP contribution in [0.4, 0.5) is 5.95 Å². The van der Waals surface area contributed by atoms with Gasteiger partial charge in [0.1, 0.15) is 18.4 Å². The standard InChI is InChI=1S/C28H34N4O3S/c1-6-7-16-36-28-30-27-29-20(5)24(26(33)35-18(2)3)25(32(27)31-28)22-12-14-23(15-13-22)34-17-21-10-8-19(4)9-11-21/h8-15,18,25H,6-7,16-17H2,1-5H3,(H,29,30,31). The molecule has 1 atom stereocenters. The van der Waals surface area contributed by atoms with Gasteiger partial charge >= 0.3 is 5.97 Å². The van der Waals surface area contributed by atoms with E-state index >= 15 is 0 Å². The van der Waals surface area contributed by atoms with Gasteiger partial charge in [-0.2, -0.15) is 4.98 Å². The normalized spacial score (nSPS) is 15.0. The van der Waals surface area contributed by atoms with Gasteiger partial charge in [-0.1, -0.05) is 67.1 Å². The van der Waals surface area contributed by atoms with Crippen LogP contribution in [0.15, 0.2) is 65.0 Å². The van der Waals surface area contributed by atoms with Gasteiger partial charge in [0.15, 0.2) is 0 Å². The molecular weight excluding hydrogens is 472 g/mol. The first kappa shape index (κ1) is 25.8. The third kappa shape index (κ3) is 6.10. The number of hydrogen-bond acceptors (Lipinski definition) is 7. The van der Waals surface area contributed by atoms with Crippen LogP contribution in [-0.4, -0.2) is 32.6 Å². The van der Waals surface area contributed by atoms with Crippen LogP contribution in [0.3, 0.4) is 0 Å². The van der Waals surface area contributed by atoms with Crippen molar-refractivity contribution in [2.24, 2.45) is 0 Å². The summed E-state index contributed by atoms with van der Waals surface area (Å²) in [7, 11) is 0. The van der Waals surface area contributed by atoms with Crippen molar-refractivity contribution < 1.29 is 14.3 Å². The Morgan fingerprint density at radius 1 is 1.11 bits per heavy atom. The molecule has 36 heavy (non-hydrogen) atoms. The highest BCUT2D eigenvalue weighted by Gasteiger charge is 2.35. The fourth-order valence-electron chi connectivity index (χ4n) is 3.95. The summed E-state index contributed by atoms with van der Waals surface area (Å²) in [5, 5.41) is 8.72. The topological polar surface area (TPSA) is 78.3 Å².